The summed E-state index contributed by atoms with van der Waals surface area (Å²) in [5, 5.41) is 0. The molecule has 4 nitrogen and oxygen atoms in total. The van der Waals surface area contributed by atoms with Crippen LogP contribution in [0.15, 0.2) is 12.1 Å². The number of rotatable bonds is 2. The van der Waals surface area contributed by atoms with Crippen molar-refractivity contribution in [2.24, 2.45) is 0 Å². The number of Topliss-reactive ketones (excluding diaryl/α,β-unsaturated/α-hetero) is 1. The maximum Gasteiger partial charge on any atom is 0.308 e. The molecule has 1 aliphatic carbocycles. The van der Waals surface area contributed by atoms with Gasteiger partial charge in [-0.2, -0.15) is 0 Å². The number of halogens is 1. The highest BCUT2D eigenvalue weighted by molar-refractivity contribution is 9.09. The van der Waals surface area contributed by atoms with Gasteiger partial charge in [0.15, 0.2) is 17.3 Å². The van der Waals surface area contributed by atoms with Gasteiger partial charge in [-0.25, -0.2) is 0 Å². The Morgan fingerprint density at radius 1 is 1.37 bits per heavy atom. The minimum absolute atomic E-state index is 0.0769. The number of esters is 1. The van der Waals surface area contributed by atoms with Gasteiger partial charge in [0.05, 0.1) is 7.11 Å². The second-order valence-corrected chi connectivity index (χ2v) is 5.57. The first kappa shape index (κ1) is 14.1. The van der Waals surface area contributed by atoms with Crippen LogP contribution in [0.4, 0.5) is 0 Å². The second-order valence-electron chi connectivity index (χ2n) is 4.47. The molecule has 0 radical (unpaired) electrons. The lowest BCUT2D eigenvalue weighted by Crippen LogP contribution is -2.07. The van der Waals surface area contributed by atoms with Gasteiger partial charge >= 0.3 is 5.97 Å². The van der Waals surface area contributed by atoms with Crippen LogP contribution in [0.3, 0.4) is 0 Å². The van der Waals surface area contributed by atoms with E-state index in [-0.39, 0.29) is 10.6 Å². The van der Waals surface area contributed by atoms with Crippen LogP contribution in [0.1, 0.15) is 46.9 Å². The Bertz CT molecular complexity index is 524. The van der Waals surface area contributed by atoms with Crippen molar-refractivity contribution in [3.63, 3.8) is 0 Å². The fourth-order valence-electron chi connectivity index (χ4n) is 2.20. The van der Waals surface area contributed by atoms with E-state index in [1.165, 1.54) is 14.0 Å². The molecule has 1 aromatic rings. The number of carbonyl (C=O) groups is 2. The van der Waals surface area contributed by atoms with Crippen molar-refractivity contribution < 1.29 is 19.1 Å². The van der Waals surface area contributed by atoms with Gasteiger partial charge in [0, 0.05) is 23.7 Å². The molecule has 0 heterocycles. The number of fused-ring (bicyclic) bond motifs is 1. The van der Waals surface area contributed by atoms with Crippen molar-refractivity contribution in [1.82, 2.24) is 0 Å². The molecule has 0 aliphatic heterocycles. The molecular formula is C14H15BrO4. The van der Waals surface area contributed by atoms with Gasteiger partial charge < -0.3 is 9.47 Å². The van der Waals surface area contributed by atoms with Gasteiger partial charge in [0.1, 0.15) is 0 Å². The minimum Gasteiger partial charge on any atom is -0.493 e. The largest absolute Gasteiger partial charge is 0.493 e. The first-order valence-electron chi connectivity index (χ1n) is 6.10. The Balaban J connectivity index is 2.54. The molecule has 19 heavy (non-hydrogen) atoms. The van der Waals surface area contributed by atoms with Crippen molar-refractivity contribution in [2.75, 3.05) is 7.11 Å². The molecule has 0 spiro atoms. The zero-order valence-corrected chi connectivity index (χ0v) is 12.5. The van der Waals surface area contributed by atoms with Crippen molar-refractivity contribution in [3.05, 3.63) is 23.3 Å². The maximum absolute atomic E-state index is 12.1. The lowest BCUT2D eigenvalue weighted by atomic mass is 10.0. The van der Waals surface area contributed by atoms with E-state index >= 15 is 0 Å². The van der Waals surface area contributed by atoms with E-state index in [4.69, 9.17) is 9.47 Å². The zero-order chi connectivity index (χ0) is 14.0. The molecule has 0 aromatic heterocycles. The van der Waals surface area contributed by atoms with Gasteiger partial charge in [0.25, 0.3) is 0 Å². The lowest BCUT2D eigenvalue weighted by molar-refractivity contribution is -0.132. The molecule has 1 aromatic carbocycles. The number of ketones is 1. The number of hydrogen-bond donors (Lipinski definition) is 0. The molecule has 0 saturated heterocycles. The van der Waals surface area contributed by atoms with Gasteiger partial charge in [-0.15, -0.1) is 0 Å². The third-order valence-corrected chi connectivity index (χ3v) is 4.04. The SMILES string of the molecule is COc1cc2c(cc1OC(C)=O)C(=O)CCCC2Br. The molecule has 1 unspecified atom stereocenters. The fraction of sp³-hybridized carbons (Fsp3) is 0.429. The van der Waals surface area contributed by atoms with Crippen LogP contribution in [0.2, 0.25) is 0 Å². The quantitative estimate of drug-likeness (QED) is 0.361. The van der Waals surface area contributed by atoms with E-state index in [9.17, 15) is 9.59 Å². The van der Waals surface area contributed by atoms with E-state index in [1.54, 1.807) is 12.1 Å². The summed E-state index contributed by atoms with van der Waals surface area (Å²) in [6, 6.07) is 3.38. The molecule has 0 saturated carbocycles. The molecule has 1 aliphatic rings. The molecule has 0 bridgehead atoms. The van der Waals surface area contributed by atoms with E-state index in [2.05, 4.69) is 15.9 Å². The summed E-state index contributed by atoms with van der Waals surface area (Å²) in [6.07, 6.45) is 2.25. The Hall–Kier alpha value is -1.36. The zero-order valence-electron chi connectivity index (χ0n) is 10.9. The topological polar surface area (TPSA) is 52.6 Å². The third kappa shape index (κ3) is 2.97. The summed E-state index contributed by atoms with van der Waals surface area (Å²) < 4.78 is 10.3. The van der Waals surface area contributed by atoms with Crippen LogP contribution >= 0.6 is 15.9 Å². The van der Waals surface area contributed by atoms with Crippen LogP contribution in [0, 0.1) is 0 Å². The first-order valence-corrected chi connectivity index (χ1v) is 7.02. The van der Waals surface area contributed by atoms with Gasteiger partial charge in [-0.1, -0.05) is 15.9 Å². The molecule has 102 valence electrons. The number of methoxy groups -OCH3 is 1. The summed E-state index contributed by atoms with van der Waals surface area (Å²) in [7, 11) is 1.51. The Morgan fingerprint density at radius 2 is 2.11 bits per heavy atom. The smallest absolute Gasteiger partial charge is 0.308 e. The highest BCUT2D eigenvalue weighted by Gasteiger charge is 2.24. The van der Waals surface area contributed by atoms with Crippen molar-refractivity contribution in [2.45, 2.75) is 31.0 Å². The number of carbonyl (C=O) groups excluding carboxylic acids is 2. The standard InChI is InChI=1S/C14H15BrO4/c1-8(16)19-14-7-10-9(6-13(14)18-2)11(15)4-3-5-12(10)17/h6-7,11H,3-5H2,1-2H3. The summed E-state index contributed by atoms with van der Waals surface area (Å²) in [5.74, 6) is 0.402. The molecule has 1 atom stereocenters. The highest BCUT2D eigenvalue weighted by atomic mass is 79.9. The molecule has 0 amide bonds. The number of hydrogen-bond acceptors (Lipinski definition) is 4. The van der Waals surface area contributed by atoms with Crippen LogP contribution in [-0.4, -0.2) is 18.9 Å². The average Bonchev–Trinajstić information content (AvgIpc) is 2.49. The predicted octanol–water partition coefficient (Wildman–Crippen LogP) is 3.42. The number of alkyl halides is 1. The Labute approximate surface area is 120 Å². The van der Waals surface area contributed by atoms with Crippen LogP contribution in [0.25, 0.3) is 0 Å². The molecular weight excluding hydrogens is 312 g/mol. The third-order valence-electron chi connectivity index (χ3n) is 3.09. The average molecular weight is 327 g/mol. The first-order chi connectivity index (χ1) is 9.02. The van der Waals surface area contributed by atoms with Crippen LogP contribution in [-0.2, 0) is 4.79 Å². The fourth-order valence-corrected chi connectivity index (χ4v) is 2.90. The van der Waals surface area contributed by atoms with E-state index in [0.29, 0.717) is 23.5 Å². The summed E-state index contributed by atoms with van der Waals surface area (Å²) in [6.45, 7) is 1.32. The van der Waals surface area contributed by atoms with Crippen molar-refractivity contribution in [3.8, 4) is 11.5 Å². The van der Waals surface area contributed by atoms with Crippen LogP contribution < -0.4 is 9.47 Å². The van der Waals surface area contributed by atoms with E-state index in [0.717, 1.165) is 18.4 Å². The summed E-state index contributed by atoms with van der Waals surface area (Å²) in [4.78, 5) is 23.3. The Kier molecular flexibility index (Phi) is 4.24. The molecule has 0 fully saturated rings. The van der Waals surface area contributed by atoms with Gasteiger partial charge in [0.2, 0.25) is 0 Å². The summed E-state index contributed by atoms with van der Waals surface area (Å²) >= 11 is 3.59. The normalized spacial score (nSPS) is 18.5. The predicted molar refractivity (Wildman–Crippen MR) is 74.2 cm³/mol. The van der Waals surface area contributed by atoms with Crippen molar-refractivity contribution >= 4 is 27.7 Å². The number of ether oxygens (including phenoxy) is 2. The maximum atomic E-state index is 12.1. The van der Waals surface area contributed by atoms with Crippen LogP contribution in [0.5, 0.6) is 11.5 Å². The highest BCUT2D eigenvalue weighted by Crippen LogP contribution is 2.40. The van der Waals surface area contributed by atoms with Gasteiger partial charge in [-0.05, 0) is 30.5 Å². The summed E-state index contributed by atoms with van der Waals surface area (Å²) in [5.41, 5.74) is 1.51. The lowest BCUT2D eigenvalue weighted by Gasteiger charge is -2.15. The van der Waals surface area contributed by atoms with E-state index < -0.39 is 5.97 Å². The van der Waals surface area contributed by atoms with Crippen molar-refractivity contribution in [1.29, 1.82) is 0 Å². The second kappa shape index (κ2) is 5.74. The molecule has 2 rings (SSSR count). The van der Waals surface area contributed by atoms with Gasteiger partial charge in [-0.3, -0.25) is 9.59 Å². The molecule has 0 N–H and O–H groups in total. The Morgan fingerprint density at radius 3 is 2.74 bits per heavy atom. The molecule has 5 heteroatoms. The number of benzene rings is 1. The van der Waals surface area contributed by atoms with E-state index in [1.807, 2.05) is 0 Å². The minimum atomic E-state index is -0.435. The monoisotopic (exact) mass is 326 g/mol.